The molecular weight excluding hydrogens is 156 g/mol. The van der Waals surface area contributed by atoms with E-state index in [1.807, 2.05) is 0 Å². The molecule has 12 heavy (non-hydrogen) atoms. The number of nitrogens with zero attached hydrogens (tertiary/aromatic N) is 1. The van der Waals surface area contributed by atoms with Crippen LogP contribution in [0.3, 0.4) is 0 Å². The van der Waals surface area contributed by atoms with Gasteiger partial charge in [0.15, 0.2) is 0 Å². The first kappa shape index (κ1) is 8.39. The minimum absolute atomic E-state index is 0.118. The molecular formula is C8H7N2O2. The van der Waals surface area contributed by atoms with Crippen LogP contribution in [0.2, 0.25) is 0 Å². The van der Waals surface area contributed by atoms with Gasteiger partial charge < -0.3 is 5.32 Å². The smallest absolute Gasteiger partial charge is 0.255 e. The second-order valence-electron chi connectivity index (χ2n) is 2.18. The Balaban J connectivity index is 2.96. The zero-order valence-electron chi connectivity index (χ0n) is 6.50. The number of nitrogens with one attached hydrogen (secondary N) is 1. The fourth-order valence-electron chi connectivity index (χ4n) is 0.777. The normalized spacial score (nSPS) is 9.08. The van der Waals surface area contributed by atoms with E-state index in [1.165, 1.54) is 13.1 Å². The van der Waals surface area contributed by atoms with Gasteiger partial charge >= 0.3 is 0 Å². The molecule has 0 spiro atoms. The first-order valence-electron chi connectivity index (χ1n) is 3.35. The van der Waals surface area contributed by atoms with E-state index in [0.717, 1.165) is 0 Å². The topological polar surface area (TPSA) is 59.1 Å². The quantitative estimate of drug-likeness (QED) is 0.690. The van der Waals surface area contributed by atoms with Crippen LogP contribution in [0.4, 0.5) is 5.69 Å². The summed E-state index contributed by atoms with van der Waals surface area (Å²) in [5.41, 5.74) is 0.507. The van der Waals surface area contributed by atoms with Crippen molar-refractivity contribution in [1.82, 2.24) is 4.98 Å². The summed E-state index contributed by atoms with van der Waals surface area (Å²) in [7, 11) is 0. The first-order chi connectivity index (χ1) is 5.74. The molecule has 1 N–H and O–H groups in total. The van der Waals surface area contributed by atoms with Crippen LogP contribution < -0.4 is 5.32 Å². The molecule has 0 bridgehead atoms. The number of hydrogen-bond donors (Lipinski definition) is 1. The van der Waals surface area contributed by atoms with E-state index in [0.29, 0.717) is 5.69 Å². The molecule has 4 nitrogen and oxygen atoms in total. The van der Waals surface area contributed by atoms with Crippen molar-refractivity contribution in [3.8, 4) is 0 Å². The molecule has 0 aliphatic rings. The first-order valence-corrected chi connectivity index (χ1v) is 3.35. The summed E-state index contributed by atoms with van der Waals surface area (Å²) in [5, 5.41) is 2.46. The summed E-state index contributed by atoms with van der Waals surface area (Å²) in [4.78, 5) is 24.6. The number of hydrogen-bond acceptors (Lipinski definition) is 3. The fourth-order valence-corrected chi connectivity index (χ4v) is 0.777. The third-order valence-electron chi connectivity index (χ3n) is 1.22. The summed E-state index contributed by atoms with van der Waals surface area (Å²) in [5.74, 6) is -0.237. The molecule has 1 rings (SSSR count). The van der Waals surface area contributed by atoms with Gasteiger partial charge in [-0.2, -0.15) is 0 Å². The molecule has 0 saturated heterocycles. The molecule has 1 amide bonds. The lowest BCUT2D eigenvalue weighted by Gasteiger charge is -2.01. The van der Waals surface area contributed by atoms with Crippen LogP contribution in [0.5, 0.6) is 0 Å². The predicted octanol–water partition coefficient (Wildman–Crippen LogP) is 0.498. The summed E-state index contributed by atoms with van der Waals surface area (Å²) >= 11 is 0. The highest BCUT2D eigenvalue weighted by atomic mass is 16.1. The minimum Gasteiger partial charge on any atom is -0.324 e. The Bertz CT molecular complexity index is 310. The van der Waals surface area contributed by atoms with Gasteiger partial charge in [-0.25, -0.2) is 0 Å². The number of amides is 1. The summed E-state index contributed by atoms with van der Waals surface area (Å²) in [6, 6.07) is 3.22. The van der Waals surface area contributed by atoms with Gasteiger partial charge in [0.25, 0.3) is 6.29 Å². The monoisotopic (exact) mass is 163 g/mol. The zero-order chi connectivity index (χ0) is 8.97. The highest BCUT2D eigenvalue weighted by Gasteiger charge is 2.02. The molecule has 4 heteroatoms. The number of pyridine rings is 1. The van der Waals surface area contributed by atoms with Crippen LogP contribution in [-0.4, -0.2) is 17.2 Å². The van der Waals surface area contributed by atoms with Crippen LogP contribution in [0.15, 0.2) is 18.3 Å². The molecule has 0 aliphatic heterocycles. The third-order valence-corrected chi connectivity index (χ3v) is 1.22. The molecule has 0 aliphatic carbocycles. The summed E-state index contributed by atoms with van der Waals surface area (Å²) < 4.78 is 0. The van der Waals surface area contributed by atoms with Gasteiger partial charge in [0.1, 0.15) is 5.69 Å². The number of carbonyl (C=O) groups excluding carboxylic acids is 2. The maximum Gasteiger partial charge on any atom is 0.255 e. The number of anilines is 1. The fraction of sp³-hybridized carbons (Fsp3) is 0.125. The minimum atomic E-state index is -0.237. The Morgan fingerprint density at radius 1 is 1.67 bits per heavy atom. The molecule has 61 valence electrons. The van der Waals surface area contributed by atoms with Crippen LogP contribution >= 0.6 is 0 Å². The Hall–Kier alpha value is -1.71. The molecule has 0 saturated carbocycles. The average molecular weight is 163 g/mol. The van der Waals surface area contributed by atoms with Crippen molar-refractivity contribution in [2.24, 2.45) is 0 Å². The molecule has 0 unspecified atom stereocenters. The maximum absolute atomic E-state index is 10.6. The highest BCUT2D eigenvalue weighted by molar-refractivity contribution is 5.93. The van der Waals surface area contributed by atoms with E-state index >= 15 is 0 Å². The van der Waals surface area contributed by atoms with Crippen LogP contribution in [0.1, 0.15) is 12.6 Å². The van der Waals surface area contributed by atoms with E-state index in [-0.39, 0.29) is 11.6 Å². The van der Waals surface area contributed by atoms with E-state index in [1.54, 1.807) is 18.4 Å². The van der Waals surface area contributed by atoms with Gasteiger partial charge in [-0.1, -0.05) is 0 Å². The van der Waals surface area contributed by atoms with Crippen molar-refractivity contribution in [3.63, 3.8) is 0 Å². The van der Waals surface area contributed by atoms with Gasteiger partial charge in [-0.15, -0.1) is 0 Å². The average Bonchev–Trinajstić information content (AvgIpc) is 2.04. The second kappa shape index (κ2) is 3.61. The van der Waals surface area contributed by atoms with Crippen molar-refractivity contribution in [1.29, 1.82) is 0 Å². The van der Waals surface area contributed by atoms with Crippen molar-refractivity contribution in [3.05, 3.63) is 24.0 Å². The largest absolute Gasteiger partial charge is 0.324 e. The van der Waals surface area contributed by atoms with E-state index < -0.39 is 0 Å². The van der Waals surface area contributed by atoms with Crippen molar-refractivity contribution < 1.29 is 9.59 Å². The number of aromatic nitrogens is 1. The van der Waals surface area contributed by atoms with Crippen molar-refractivity contribution in [2.75, 3.05) is 5.32 Å². The Morgan fingerprint density at radius 3 is 3.00 bits per heavy atom. The number of rotatable bonds is 2. The van der Waals surface area contributed by atoms with Gasteiger partial charge in [0, 0.05) is 13.1 Å². The molecule has 0 aromatic carbocycles. The van der Waals surface area contributed by atoms with Gasteiger partial charge in [0.2, 0.25) is 5.91 Å². The molecule has 0 atom stereocenters. The lowest BCUT2D eigenvalue weighted by Crippen LogP contribution is -2.08. The van der Waals surface area contributed by atoms with E-state index in [2.05, 4.69) is 10.3 Å². The van der Waals surface area contributed by atoms with Crippen LogP contribution in [0.25, 0.3) is 0 Å². The SMILES string of the molecule is CC(=O)Nc1cccnc1[C]=O. The maximum atomic E-state index is 10.6. The molecule has 1 radical (unpaired) electrons. The molecule has 1 aromatic heterocycles. The summed E-state index contributed by atoms with van der Waals surface area (Å²) in [6.07, 6.45) is 3.09. The van der Waals surface area contributed by atoms with Crippen LogP contribution in [-0.2, 0) is 9.59 Å². The highest BCUT2D eigenvalue weighted by Crippen LogP contribution is 2.08. The molecule has 1 heterocycles. The Morgan fingerprint density at radius 2 is 2.42 bits per heavy atom. The zero-order valence-corrected chi connectivity index (χ0v) is 6.50. The Labute approximate surface area is 69.6 Å². The second-order valence-corrected chi connectivity index (χ2v) is 2.18. The molecule has 1 aromatic rings. The van der Waals surface area contributed by atoms with Crippen molar-refractivity contribution in [2.45, 2.75) is 6.92 Å². The predicted molar refractivity (Wildman–Crippen MR) is 43.3 cm³/mol. The van der Waals surface area contributed by atoms with Crippen LogP contribution in [0, 0.1) is 0 Å². The molecule has 0 fully saturated rings. The van der Waals surface area contributed by atoms with E-state index in [4.69, 9.17) is 0 Å². The van der Waals surface area contributed by atoms with Gasteiger partial charge in [0.05, 0.1) is 5.69 Å². The number of carbonyl (C=O) groups is 1. The Kier molecular flexibility index (Phi) is 2.53. The van der Waals surface area contributed by atoms with Crippen molar-refractivity contribution >= 4 is 17.9 Å². The van der Waals surface area contributed by atoms with E-state index in [9.17, 15) is 9.59 Å². The lowest BCUT2D eigenvalue weighted by atomic mass is 10.3. The third kappa shape index (κ3) is 1.88. The summed E-state index contributed by atoms with van der Waals surface area (Å²) in [6.45, 7) is 1.36. The standard InChI is InChI=1S/C8H7N2O2/c1-6(12)10-7-3-2-4-9-8(7)5-11/h2-4H,1H3,(H,10,12). The van der Waals surface area contributed by atoms with Gasteiger partial charge in [-0.05, 0) is 12.1 Å². The lowest BCUT2D eigenvalue weighted by molar-refractivity contribution is -0.114. The van der Waals surface area contributed by atoms with Gasteiger partial charge in [-0.3, -0.25) is 14.6 Å².